The second-order valence-corrected chi connectivity index (χ2v) is 14.3. The van der Waals surface area contributed by atoms with Crippen LogP contribution in [0.4, 0.5) is 0 Å². The van der Waals surface area contributed by atoms with Gasteiger partial charge in [-0.15, -0.1) is 0 Å². The lowest BCUT2D eigenvalue weighted by atomic mass is 9.96. The van der Waals surface area contributed by atoms with Crippen LogP contribution in [0.5, 0.6) is 0 Å². The number of benzene rings is 3. The van der Waals surface area contributed by atoms with E-state index in [-0.39, 0.29) is 6.61 Å². The number of hydrogen-bond acceptors (Lipinski definition) is 11. The molecule has 0 aromatic heterocycles. The lowest BCUT2D eigenvalue weighted by Crippen LogP contribution is -2.64. The Balaban J connectivity index is 1.12. The minimum atomic E-state index is -0.918. The summed E-state index contributed by atoms with van der Waals surface area (Å²) in [5, 5.41) is 0. The van der Waals surface area contributed by atoms with Crippen LogP contribution in [0.25, 0.3) is 0 Å². The summed E-state index contributed by atoms with van der Waals surface area (Å²) in [4.78, 5) is 0. The molecule has 268 valence electrons. The molecule has 11 nitrogen and oxygen atoms in total. The van der Waals surface area contributed by atoms with Crippen molar-refractivity contribution in [1.82, 2.24) is 0 Å². The van der Waals surface area contributed by atoms with Gasteiger partial charge in [0.25, 0.3) is 0 Å². The highest BCUT2D eigenvalue weighted by Crippen LogP contribution is 2.44. The minimum Gasteiger partial charge on any atom is -0.368 e. The van der Waals surface area contributed by atoms with Crippen molar-refractivity contribution in [3.05, 3.63) is 108 Å². The molecule has 5 fully saturated rings. The lowest BCUT2D eigenvalue weighted by molar-refractivity contribution is -0.381. The Morgan fingerprint density at radius 2 is 1.20 bits per heavy atom. The third-order valence-electron chi connectivity index (χ3n) is 9.64. The van der Waals surface area contributed by atoms with Gasteiger partial charge in [-0.2, -0.15) is 0 Å². The third kappa shape index (κ3) is 7.41. The van der Waals surface area contributed by atoms with E-state index in [1.807, 2.05) is 119 Å². The smallest absolute Gasteiger partial charge is 0.190 e. The molecule has 5 heterocycles. The molecule has 50 heavy (non-hydrogen) atoms. The number of hydrogen-bond donors (Lipinski definition) is 0. The van der Waals surface area contributed by atoms with Gasteiger partial charge in [0.2, 0.25) is 0 Å². The monoisotopic (exact) mass is 690 g/mol. The van der Waals surface area contributed by atoms with Crippen LogP contribution in [-0.2, 0) is 65.3 Å². The van der Waals surface area contributed by atoms with E-state index >= 15 is 0 Å². The van der Waals surface area contributed by atoms with Crippen LogP contribution >= 0.6 is 0 Å². The van der Waals surface area contributed by atoms with Gasteiger partial charge < -0.3 is 52.1 Å². The van der Waals surface area contributed by atoms with E-state index in [1.54, 1.807) is 0 Å². The maximum Gasteiger partial charge on any atom is 0.190 e. The van der Waals surface area contributed by atoms with Crippen molar-refractivity contribution in [1.29, 1.82) is 0 Å². The molecule has 0 amide bonds. The van der Waals surface area contributed by atoms with E-state index in [0.29, 0.717) is 19.8 Å². The summed E-state index contributed by atoms with van der Waals surface area (Å²) in [6.45, 7) is 8.71. The van der Waals surface area contributed by atoms with Crippen molar-refractivity contribution in [3.8, 4) is 0 Å². The summed E-state index contributed by atoms with van der Waals surface area (Å²) in [7, 11) is 0. The van der Waals surface area contributed by atoms with E-state index in [1.165, 1.54) is 0 Å². The lowest BCUT2D eigenvalue weighted by Gasteiger charge is -2.49. The fraction of sp³-hybridized carbons (Fsp3) is 0.538. The highest BCUT2D eigenvalue weighted by Gasteiger charge is 2.61. The Bertz CT molecular complexity index is 1540. The Hall–Kier alpha value is -2.78. The molecule has 3 aromatic rings. The van der Waals surface area contributed by atoms with E-state index in [0.717, 1.165) is 16.7 Å². The largest absolute Gasteiger partial charge is 0.368 e. The van der Waals surface area contributed by atoms with Crippen molar-refractivity contribution < 1.29 is 52.1 Å². The summed E-state index contributed by atoms with van der Waals surface area (Å²) < 4.78 is 71.5. The van der Waals surface area contributed by atoms with Gasteiger partial charge in [0.1, 0.15) is 48.8 Å². The Labute approximate surface area is 292 Å². The molecule has 0 bridgehead atoms. The summed E-state index contributed by atoms with van der Waals surface area (Å²) in [5.41, 5.74) is 2.93. The molecular weight excluding hydrogens is 644 g/mol. The average molecular weight is 691 g/mol. The second-order valence-electron chi connectivity index (χ2n) is 14.3. The molecule has 3 aromatic carbocycles. The van der Waals surface area contributed by atoms with Crippen molar-refractivity contribution in [2.45, 2.75) is 120 Å². The first kappa shape index (κ1) is 34.3. The minimum absolute atomic E-state index is 0.262. The van der Waals surface area contributed by atoms with Gasteiger partial charge in [0.05, 0.1) is 26.4 Å². The summed E-state index contributed by atoms with van der Waals surface area (Å²) in [6.07, 6.45) is -6.73. The predicted molar refractivity (Wildman–Crippen MR) is 177 cm³/mol. The van der Waals surface area contributed by atoms with E-state index in [9.17, 15) is 0 Å². The van der Waals surface area contributed by atoms with Crippen molar-refractivity contribution >= 4 is 0 Å². The second kappa shape index (κ2) is 14.3. The number of ether oxygens (including phenoxy) is 11. The van der Waals surface area contributed by atoms with Gasteiger partial charge in [0.15, 0.2) is 30.4 Å². The number of fused-ring (bicyclic) bond motifs is 2. The first-order valence-electron chi connectivity index (χ1n) is 17.5. The van der Waals surface area contributed by atoms with Crippen molar-refractivity contribution in [3.63, 3.8) is 0 Å². The predicted octanol–water partition coefficient (Wildman–Crippen LogP) is 5.41. The maximum absolute atomic E-state index is 6.99. The fourth-order valence-electron chi connectivity index (χ4n) is 7.33. The standard InChI is InChI=1S/C39H46O11/c1-38(2)43-23-28(48-38)30-32(34-37(46-30)50-39(3,4)49-34)47-36-33(41-21-25-16-10-6-11-17-25)31(40-20-24-14-8-5-9-15-24)29-27(44-36)22-42-35(45-29)26-18-12-7-13-19-26/h5-19,27-37H,20-23H2,1-4H3/t27-,28-,29-,30-,31+,32+,33-,34-,35-,36-,37-/m1/s1. The summed E-state index contributed by atoms with van der Waals surface area (Å²) in [5.74, 6) is -1.63. The number of rotatable bonds is 10. The van der Waals surface area contributed by atoms with E-state index < -0.39 is 79.3 Å². The molecule has 11 heteroatoms. The zero-order valence-electron chi connectivity index (χ0n) is 28.8. The summed E-state index contributed by atoms with van der Waals surface area (Å²) in [6, 6.07) is 29.9. The summed E-state index contributed by atoms with van der Waals surface area (Å²) >= 11 is 0. The quantitative estimate of drug-likeness (QED) is 0.273. The maximum atomic E-state index is 6.99. The molecule has 5 aliphatic rings. The van der Waals surface area contributed by atoms with Gasteiger partial charge in [0, 0.05) is 5.56 Å². The molecule has 8 rings (SSSR count). The van der Waals surface area contributed by atoms with E-state index in [4.69, 9.17) is 52.1 Å². The highest BCUT2D eigenvalue weighted by molar-refractivity contribution is 5.18. The van der Waals surface area contributed by atoms with Gasteiger partial charge in [-0.3, -0.25) is 0 Å². The van der Waals surface area contributed by atoms with Crippen LogP contribution in [0, 0.1) is 0 Å². The molecule has 0 radical (unpaired) electrons. The van der Waals surface area contributed by atoms with E-state index in [2.05, 4.69) is 0 Å². The Morgan fingerprint density at radius 1 is 0.580 bits per heavy atom. The van der Waals surface area contributed by atoms with Crippen LogP contribution in [0.2, 0.25) is 0 Å². The molecule has 0 saturated carbocycles. The Morgan fingerprint density at radius 3 is 1.84 bits per heavy atom. The molecule has 5 aliphatic heterocycles. The first-order chi connectivity index (χ1) is 24.2. The van der Waals surface area contributed by atoms with Crippen LogP contribution in [-0.4, -0.2) is 86.2 Å². The molecule has 0 N–H and O–H groups in total. The van der Waals surface area contributed by atoms with Gasteiger partial charge >= 0.3 is 0 Å². The molecule has 0 unspecified atom stereocenters. The van der Waals surface area contributed by atoms with Gasteiger partial charge in [-0.1, -0.05) is 91.0 Å². The fourth-order valence-corrected chi connectivity index (χ4v) is 7.33. The third-order valence-corrected chi connectivity index (χ3v) is 9.64. The molecular formula is C39H46O11. The van der Waals surface area contributed by atoms with Crippen LogP contribution < -0.4 is 0 Å². The van der Waals surface area contributed by atoms with Crippen molar-refractivity contribution in [2.24, 2.45) is 0 Å². The van der Waals surface area contributed by atoms with Crippen LogP contribution in [0.3, 0.4) is 0 Å². The molecule has 5 saturated heterocycles. The topological polar surface area (TPSA) is 102 Å². The van der Waals surface area contributed by atoms with Crippen LogP contribution in [0.15, 0.2) is 91.0 Å². The van der Waals surface area contributed by atoms with Gasteiger partial charge in [-0.25, -0.2) is 0 Å². The SMILES string of the molecule is CC1(C)O[C@H]2O[C@H]([C@H]3COC(C)(C)O3)[C@H](O[C@H]3O[C@@H]4CO[C@@H](c5ccccc5)O[C@H]4[C@H](OCc4ccccc4)[C@H]3OCc3ccccc3)[C@H]2O1. The average Bonchev–Trinajstić information content (AvgIpc) is 3.75. The Kier molecular flexibility index (Phi) is 9.83. The van der Waals surface area contributed by atoms with Gasteiger partial charge in [-0.05, 0) is 38.8 Å². The zero-order valence-corrected chi connectivity index (χ0v) is 28.8. The normalized spacial score (nSPS) is 37.3. The molecule has 11 atom stereocenters. The highest BCUT2D eigenvalue weighted by atomic mass is 16.9. The zero-order chi connectivity index (χ0) is 34.3. The van der Waals surface area contributed by atoms with Crippen LogP contribution in [0.1, 0.15) is 50.7 Å². The molecule has 0 spiro atoms. The molecule has 0 aliphatic carbocycles. The first-order valence-corrected chi connectivity index (χ1v) is 17.5. The van der Waals surface area contributed by atoms with Crippen molar-refractivity contribution in [2.75, 3.05) is 13.2 Å².